The number of benzene rings is 1. The van der Waals surface area contributed by atoms with Gasteiger partial charge in [0.2, 0.25) is 0 Å². The number of ether oxygens (including phenoxy) is 2. The summed E-state index contributed by atoms with van der Waals surface area (Å²) in [6.07, 6.45) is 4.11. The van der Waals surface area contributed by atoms with Gasteiger partial charge in [0.05, 0.1) is 24.4 Å². The number of allylic oxidation sites excluding steroid dienone is 1. The summed E-state index contributed by atoms with van der Waals surface area (Å²) in [6, 6.07) is 3.85. The molecule has 0 radical (unpaired) electrons. The molecule has 0 saturated carbocycles. The van der Waals surface area contributed by atoms with Gasteiger partial charge in [-0.3, -0.25) is 0 Å². The number of hydrogen-bond donors (Lipinski definition) is 0. The van der Waals surface area contributed by atoms with Gasteiger partial charge in [-0.05, 0) is 19.9 Å². The summed E-state index contributed by atoms with van der Waals surface area (Å²) in [6.45, 7) is 8.84. The lowest BCUT2D eigenvalue weighted by Gasteiger charge is -2.12. The summed E-state index contributed by atoms with van der Waals surface area (Å²) in [4.78, 5) is 8.58. The molecule has 0 fully saturated rings. The van der Waals surface area contributed by atoms with Crippen LogP contribution < -0.4 is 9.47 Å². The van der Waals surface area contributed by atoms with Gasteiger partial charge in [0.15, 0.2) is 11.5 Å². The van der Waals surface area contributed by atoms with E-state index >= 15 is 0 Å². The third-order valence-electron chi connectivity index (χ3n) is 2.72. The Bertz CT molecular complexity index is 582. The highest BCUT2D eigenvalue weighted by atomic mass is 16.5. The molecule has 0 spiro atoms. The molecule has 0 N–H and O–H groups in total. The SMILES string of the molecule is C=CCc1ncnc2cc(OCC)c(OCC)cc12. The Labute approximate surface area is 113 Å². The normalized spacial score (nSPS) is 10.4. The number of nitrogens with zero attached hydrogens (tertiary/aromatic N) is 2. The molecule has 0 aliphatic heterocycles. The van der Waals surface area contributed by atoms with Crippen LogP contribution in [0.1, 0.15) is 19.5 Å². The molecule has 2 aromatic rings. The average molecular weight is 258 g/mol. The van der Waals surface area contributed by atoms with Crippen molar-refractivity contribution in [1.82, 2.24) is 9.97 Å². The summed E-state index contributed by atoms with van der Waals surface area (Å²) in [5.41, 5.74) is 1.81. The second kappa shape index (κ2) is 6.18. The quantitative estimate of drug-likeness (QED) is 0.747. The average Bonchev–Trinajstić information content (AvgIpc) is 2.41. The van der Waals surface area contributed by atoms with E-state index in [0.29, 0.717) is 19.6 Å². The van der Waals surface area contributed by atoms with Crippen molar-refractivity contribution in [2.24, 2.45) is 0 Å². The van der Waals surface area contributed by atoms with E-state index in [4.69, 9.17) is 9.47 Å². The predicted molar refractivity (Wildman–Crippen MR) is 75.8 cm³/mol. The molecule has 2 rings (SSSR count). The molecule has 4 heteroatoms. The molecule has 0 saturated heterocycles. The van der Waals surface area contributed by atoms with Gasteiger partial charge >= 0.3 is 0 Å². The van der Waals surface area contributed by atoms with Crippen molar-refractivity contribution in [1.29, 1.82) is 0 Å². The second-order valence-corrected chi connectivity index (χ2v) is 4.00. The number of aromatic nitrogens is 2. The lowest BCUT2D eigenvalue weighted by Crippen LogP contribution is -2.00. The Balaban J connectivity index is 2.58. The summed E-state index contributed by atoms with van der Waals surface area (Å²) in [7, 11) is 0. The minimum atomic E-state index is 0.593. The van der Waals surface area contributed by atoms with E-state index < -0.39 is 0 Å². The molecule has 0 atom stereocenters. The summed E-state index contributed by atoms with van der Waals surface area (Å²) in [5.74, 6) is 1.46. The molecule has 100 valence electrons. The standard InChI is InChI=1S/C15H18N2O2/c1-4-7-12-11-8-14(18-5-2)15(19-6-3)9-13(11)17-10-16-12/h4,8-10H,1,5-7H2,2-3H3. The maximum atomic E-state index is 5.62. The summed E-state index contributed by atoms with van der Waals surface area (Å²) < 4.78 is 11.2. The third kappa shape index (κ3) is 2.84. The van der Waals surface area contributed by atoms with Crippen LogP contribution in [0, 0.1) is 0 Å². The largest absolute Gasteiger partial charge is 0.490 e. The van der Waals surface area contributed by atoms with Crippen molar-refractivity contribution in [2.75, 3.05) is 13.2 Å². The van der Waals surface area contributed by atoms with Crippen LogP contribution >= 0.6 is 0 Å². The van der Waals surface area contributed by atoms with E-state index in [1.54, 1.807) is 6.33 Å². The highest BCUT2D eigenvalue weighted by Crippen LogP contribution is 2.32. The highest BCUT2D eigenvalue weighted by Gasteiger charge is 2.10. The van der Waals surface area contributed by atoms with Crippen LogP contribution in [0.3, 0.4) is 0 Å². The van der Waals surface area contributed by atoms with Crippen LogP contribution in [0.25, 0.3) is 10.9 Å². The summed E-state index contributed by atoms with van der Waals surface area (Å²) >= 11 is 0. The Morgan fingerprint density at radius 2 is 1.79 bits per heavy atom. The second-order valence-electron chi connectivity index (χ2n) is 4.00. The van der Waals surface area contributed by atoms with E-state index in [1.807, 2.05) is 32.1 Å². The third-order valence-corrected chi connectivity index (χ3v) is 2.72. The zero-order chi connectivity index (χ0) is 13.7. The van der Waals surface area contributed by atoms with Crippen molar-refractivity contribution in [2.45, 2.75) is 20.3 Å². The monoisotopic (exact) mass is 258 g/mol. The van der Waals surface area contributed by atoms with Crippen molar-refractivity contribution in [3.63, 3.8) is 0 Å². The van der Waals surface area contributed by atoms with Crippen LogP contribution in [0.5, 0.6) is 11.5 Å². The van der Waals surface area contributed by atoms with Crippen molar-refractivity contribution < 1.29 is 9.47 Å². The van der Waals surface area contributed by atoms with Crippen molar-refractivity contribution in [3.8, 4) is 11.5 Å². The molecular weight excluding hydrogens is 240 g/mol. The topological polar surface area (TPSA) is 44.2 Å². The molecule has 1 heterocycles. The fourth-order valence-electron chi connectivity index (χ4n) is 1.95. The predicted octanol–water partition coefficient (Wildman–Crippen LogP) is 3.16. The fourth-order valence-corrected chi connectivity index (χ4v) is 1.95. The number of rotatable bonds is 6. The molecule has 0 amide bonds. The Morgan fingerprint density at radius 1 is 1.11 bits per heavy atom. The zero-order valence-corrected chi connectivity index (χ0v) is 11.3. The van der Waals surface area contributed by atoms with Gasteiger partial charge in [-0.1, -0.05) is 6.08 Å². The molecule has 1 aromatic carbocycles. The molecule has 19 heavy (non-hydrogen) atoms. The van der Waals surface area contributed by atoms with E-state index in [9.17, 15) is 0 Å². The van der Waals surface area contributed by atoms with Gasteiger partial charge < -0.3 is 9.47 Å². The van der Waals surface area contributed by atoms with E-state index in [1.165, 1.54) is 0 Å². The molecular formula is C15H18N2O2. The van der Waals surface area contributed by atoms with Gasteiger partial charge in [-0.15, -0.1) is 6.58 Å². The van der Waals surface area contributed by atoms with Crippen LogP contribution in [0.4, 0.5) is 0 Å². The van der Waals surface area contributed by atoms with Crippen LogP contribution in [0.15, 0.2) is 31.1 Å². The van der Waals surface area contributed by atoms with Gasteiger partial charge in [0.1, 0.15) is 6.33 Å². The van der Waals surface area contributed by atoms with Crippen molar-refractivity contribution in [3.05, 3.63) is 36.8 Å². The van der Waals surface area contributed by atoms with E-state index in [0.717, 1.165) is 28.1 Å². The molecule has 0 unspecified atom stereocenters. The van der Waals surface area contributed by atoms with Gasteiger partial charge in [0, 0.05) is 17.9 Å². The van der Waals surface area contributed by atoms with Gasteiger partial charge in [-0.25, -0.2) is 9.97 Å². The molecule has 4 nitrogen and oxygen atoms in total. The molecule has 0 aliphatic rings. The first kappa shape index (κ1) is 13.3. The van der Waals surface area contributed by atoms with E-state index in [-0.39, 0.29) is 0 Å². The lowest BCUT2D eigenvalue weighted by atomic mass is 10.1. The Morgan fingerprint density at radius 3 is 2.42 bits per heavy atom. The van der Waals surface area contributed by atoms with Crippen LogP contribution in [0.2, 0.25) is 0 Å². The van der Waals surface area contributed by atoms with E-state index in [2.05, 4.69) is 16.5 Å². The fraction of sp³-hybridized carbons (Fsp3) is 0.333. The lowest BCUT2D eigenvalue weighted by molar-refractivity contribution is 0.288. The number of fused-ring (bicyclic) bond motifs is 1. The first-order chi connectivity index (χ1) is 9.30. The molecule has 0 aliphatic carbocycles. The highest BCUT2D eigenvalue weighted by molar-refractivity contribution is 5.84. The maximum Gasteiger partial charge on any atom is 0.163 e. The summed E-state index contributed by atoms with van der Waals surface area (Å²) in [5, 5.41) is 0.981. The Hall–Kier alpha value is -2.10. The first-order valence-corrected chi connectivity index (χ1v) is 6.44. The minimum absolute atomic E-state index is 0.593. The van der Waals surface area contributed by atoms with Crippen LogP contribution in [-0.2, 0) is 6.42 Å². The minimum Gasteiger partial charge on any atom is -0.490 e. The first-order valence-electron chi connectivity index (χ1n) is 6.44. The zero-order valence-electron chi connectivity index (χ0n) is 11.3. The smallest absolute Gasteiger partial charge is 0.163 e. The van der Waals surface area contributed by atoms with Crippen molar-refractivity contribution >= 4 is 10.9 Å². The molecule has 1 aromatic heterocycles. The maximum absolute atomic E-state index is 5.62. The van der Waals surface area contributed by atoms with Gasteiger partial charge in [0.25, 0.3) is 0 Å². The van der Waals surface area contributed by atoms with Gasteiger partial charge in [-0.2, -0.15) is 0 Å². The van der Waals surface area contributed by atoms with Crippen LogP contribution in [-0.4, -0.2) is 23.2 Å². The Kier molecular flexibility index (Phi) is 4.34. The number of hydrogen-bond acceptors (Lipinski definition) is 4. The molecule has 0 bridgehead atoms.